The third kappa shape index (κ3) is 2.26. The zero-order chi connectivity index (χ0) is 15.4. The Labute approximate surface area is 132 Å². The van der Waals surface area contributed by atoms with E-state index in [1.165, 1.54) is 19.3 Å². The van der Waals surface area contributed by atoms with E-state index in [-0.39, 0.29) is 11.3 Å². The van der Waals surface area contributed by atoms with Crippen molar-refractivity contribution in [3.63, 3.8) is 0 Å². The van der Waals surface area contributed by atoms with Crippen molar-refractivity contribution in [2.45, 2.75) is 58.9 Å². The molecule has 1 aromatic heterocycles. The molecule has 0 unspecified atom stereocenters. The minimum Gasteiger partial charge on any atom is -0.351 e. The van der Waals surface area contributed by atoms with E-state index < -0.39 is 0 Å². The molecule has 3 heteroatoms. The third-order valence-electron chi connectivity index (χ3n) is 6.28. The van der Waals surface area contributed by atoms with Gasteiger partial charge in [-0.05, 0) is 66.9 Å². The quantitative estimate of drug-likeness (QED) is 0.924. The average molecular weight is 298 g/mol. The topological polar surface area (TPSA) is 42.0 Å². The smallest absolute Gasteiger partial charge is 0.226 e. The van der Waals surface area contributed by atoms with Gasteiger partial charge in [0.25, 0.3) is 0 Å². The van der Waals surface area contributed by atoms with E-state index in [4.69, 9.17) is 0 Å². The van der Waals surface area contributed by atoms with Crippen molar-refractivity contribution in [3.8, 4) is 0 Å². The third-order valence-corrected chi connectivity index (χ3v) is 6.28. The molecule has 4 aliphatic carbocycles. The number of nitrogens with zero attached hydrogens (tertiary/aromatic N) is 1. The highest BCUT2D eigenvalue weighted by Gasteiger charge is 2.62. The van der Waals surface area contributed by atoms with E-state index in [9.17, 15) is 4.79 Å². The van der Waals surface area contributed by atoms with E-state index in [2.05, 4.69) is 24.1 Å². The highest BCUT2D eigenvalue weighted by molar-refractivity contribution is 5.83. The summed E-state index contributed by atoms with van der Waals surface area (Å²) in [6.07, 6.45) is 10.9. The van der Waals surface area contributed by atoms with Crippen LogP contribution in [0, 0.1) is 22.2 Å². The molecule has 4 aliphatic rings. The summed E-state index contributed by atoms with van der Waals surface area (Å²) in [7, 11) is 0. The predicted molar refractivity (Wildman–Crippen MR) is 85.9 cm³/mol. The van der Waals surface area contributed by atoms with E-state index in [1.54, 1.807) is 6.20 Å². The van der Waals surface area contributed by atoms with E-state index in [0.29, 0.717) is 17.4 Å². The van der Waals surface area contributed by atoms with Gasteiger partial charge in [-0.1, -0.05) is 19.9 Å². The maximum absolute atomic E-state index is 13.0. The zero-order valence-electron chi connectivity index (χ0n) is 13.7. The molecule has 4 bridgehead atoms. The Hall–Kier alpha value is -1.38. The van der Waals surface area contributed by atoms with E-state index in [0.717, 1.165) is 30.7 Å². The van der Waals surface area contributed by atoms with Crippen molar-refractivity contribution in [2.24, 2.45) is 22.2 Å². The van der Waals surface area contributed by atoms with E-state index in [1.807, 2.05) is 18.3 Å². The number of rotatable bonds is 3. The van der Waals surface area contributed by atoms with Crippen LogP contribution in [-0.2, 0) is 11.3 Å². The molecule has 1 N–H and O–H groups in total. The Bertz CT molecular complexity index is 579. The van der Waals surface area contributed by atoms with Gasteiger partial charge in [-0.3, -0.25) is 9.78 Å². The standard InChI is InChI=1S/C19H26N2O/c1-17-6-15-7-18(2,11-17)13-19(8-15,12-17)16(22)21-10-14-4-3-5-20-9-14/h3-5,9,15H,6-8,10-13H2,1-2H3,(H,21,22)/t15?,17-,18-,19?/m0/s1. The fourth-order valence-corrected chi connectivity index (χ4v) is 6.57. The van der Waals surface area contributed by atoms with Crippen molar-refractivity contribution < 1.29 is 4.79 Å². The molecule has 0 aromatic carbocycles. The van der Waals surface area contributed by atoms with Gasteiger partial charge in [0.2, 0.25) is 5.91 Å². The lowest BCUT2D eigenvalue weighted by molar-refractivity contribution is -0.170. The van der Waals surface area contributed by atoms with Gasteiger partial charge in [0.05, 0.1) is 5.41 Å². The summed E-state index contributed by atoms with van der Waals surface area (Å²) in [5.74, 6) is 1.05. The maximum atomic E-state index is 13.0. The molecule has 4 saturated carbocycles. The maximum Gasteiger partial charge on any atom is 0.226 e. The molecule has 1 amide bonds. The molecule has 22 heavy (non-hydrogen) atoms. The summed E-state index contributed by atoms with van der Waals surface area (Å²) in [5, 5.41) is 3.21. The highest BCUT2D eigenvalue weighted by Crippen LogP contribution is 2.69. The highest BCUT2D eigenvalue weighted by atomic mass is 16.2. The van der Waals surface area contributed by atoms with Crippen LogP contribution in [0.5, 0.6) is 0 Å². The van der Waals surface area contributed by atoms with Gasteiger partial charge in [0.15, 0.2) is 0 Å². The second-order valence-corrected chi connectivity index (χ2v) is 8.95. The van der Waals surface area contributed by atoms with Crippen LogP contribution in [0.2, 0.25) is 0 Å². The number of nitrogens with one attached hydrogen (secondary N) is 1. The molecule has 4 fully saturated rings. The first-order valence-corrected chi connectivity index (χ1v) is 8.58. The number of pyridine rings is 1. The van der Waals surface area contributed by atoms with Crippen LogP contribution in [0.4, 0.5) is 0 Å². The van der Waals surface area contributed by atoms with E-state index >= 15 is 0 Å². The number of hydrogen-bond acceptors (Lipinski definition) is 2. The van der Waals surface area contributed by atoms with Crippen molar-refractivity contribution in [1.82, 2.24) is 10.3 Å². The molecule has 0 radical (unpaired) electrons. The first kappa shape index (κ1) is 14.2. The van der Waals surface area contributed by atoms with Crippen molar-refractivity contribution in [2.75, 3.05) is 0 Å². The predicted octanol–water partition coefficient (Wildman–Crippen LogP) is 3.69. The molecular formula is C19H26N2O. The zero-order valence-corrected chi connectivity index (χ0v) is 13.7. The Morgan fingerprint density at radius 1 is 1.23 bits per heavy atom. The molecule has 118 valence electrons. The van der Waals surface area contributed by atoms with Gasteiger partial charge in [-0.2, -0.15) is 0 Å². The van der Waals surface area contributed by atoms with Crippen LogP contribution in [0.15, 0.2) is 24.5 Å². The van der Waals surface area contributed by atoms with Crippen molar-refractivity contribution in [1.29, 1.82) is 0 Å². The van der Waals surface area contributed by atoms with Gasteiger partial charge in [0, 0.05) is 18.9 Å². The second-order valence-electron chi connectivity index (χ2n) is 8.95. The fraction of sp³-hybridized carbons (Fsp3) is 0.684. The number of amides is 1. The summed E-state index contributed by atoms with van der Waals surface area (Å²) in [5.41, 5.74) is 1.75. The molecule has 0 saturated heterocycles. The Balaban J connectivity index is 1.53. The summed E-state index contributed by atoms with van der Waals surface area (Å²) < 4.78 is 0. The summed E-state index contributed by atoms with van der Waals surface area (Å²) >= 11 is 0. The molecule has 2 atom stereocenters. The molecular weight excluding hydrogens is 272 g/mol. The molecule has 3 nitrogen and oxygen atoms in total. The fourth-order valence-electron chi connectivity index (χ4n) is 6.57. The monoisotopic (exact) mass is 298 g/mol. The van der Waals surface area contributed by atoms with Gasteiger partial charge in [0.1, 0.15) is 0 Å². The van der Waals surface area contributed by atoms with Crippen LogP contribution >= 0.6 is 0 Å². The minimum absolute atomic E-state index is 0.106. The van der Waals surface area contributed by atoms with Crippen molar-refractivity contribution >= 4 is 5.91 Å². The summed E-state index contributed by atoms with van der Waals surface area (Å²) in [4.78, 5) is 17.1. The largest absolute Gasteiger partial charge is 0.351 e. The van der Waals surface area contributed by atoms with Gasteiger partial charge < -0.3 is 5.32 Å². The lowest BCUT2D eigenvalue weighted by atomic mass is 9.40. The second kappa shape index (κ2) is 4.56. The molecule has 5 rings (SSSR count). The first-order chi connectivity index (χ1) is 10.4. The average Bonchev–Trinajstić information content (AvgIpc) is 2.42. The summed E-state index contributed by atoms with van der Waals surface area (Å²) in [6, 6.07) is 3.95. The van der Waals surface area contributed by atoms with Crippen LogP contribution in [0.25, 0.3) is 0 Å². The van der Waals surface area contributed by atoms with Gasteiger partial charge in [-0.25, -0.2) is 0 Å². The normalized spacial score (nSPS) is 42.4. The van der Waals surface area contributed by atoms with Crippen LogP contribution < -0.4 is 5.32 Å². The summed E-state index contributed by atoms with van der Waals surface area (Å²) in [6.45, 7) is 5.43. The van der Waals surface area contributed by atoms with Gasteiger partial charge >= 0.3 is 0 Å². The first-order valence-electron chi connectivity index (χ1n) is 8.58. The minimum atomic E-state index is -0.106. The SMILES string of the molecule is C[C@@]12CC3CC(C(=O)NCc4cccnc4)(C1)C[C@@](C)(C3)C2. The van der Waals surface area contributed by atoms with Crippen LogP contribution in [0.1, 0.15) is 57.9 Å². The Kier molecular flexibility index (Phi) is 2.95. The molecule has 1 aromatic rings. The number of carbonyl (C=O) groups excluding carboxylic acids is 1. The Morgan fingerprint density at radius 3 is 2.55 bits per heavy atom. The molecule has 0 aliphatic heterocycles. The molecule has 1 heterocycles. The van der Waals surface area contributed by atoms with Gasteiger partial charge in [-0.15, -0.1) is 0 Å². The van der Waals surface area contributed by atoms with Crippen LogP contribution in [-0.4, -0.2) is 10.9 Å². The number of carbonyl (C=O) groups is 1. The Morgan fingerprint density at radius 2 is 1.95 bits per heavy atom. The molecule has 0 spiro atoms. The lowest BCUT2D eigenvalue weighted by Crippen LogP contribution is -2.59. The number of aromatic nitrogens is 1. The van der Waals surface area contributed by atoms with Crippen LogP contribution in [0.3, 0.4) is 0 Å². The lowest BCUT2D eigenvalue weighted by Gasteiger charge is -2.64. The number of hydrogen-bond donors (Lipinski definition) is 1. The van der Waals surface area contributed by atoms with Crippen molar-refractivity contribution in [3.05, 3.63) is 30.1 Å².